The maximum atomic E-state index is 10.1. The highest BCUT2D eigenvalue weighted by Crippen LogP contribution is 2.21. The Morgan fingerprint density at radius 3 is 2.35 bits per heavy atom. The molecular weight excluding hydrogens is 251 g/mol. The van der Waals surface area contributed by atoms with E-state index >= 15 is 0 Å². The van der Waals surface area contributed by atoms with Gasteiger partial charge in [0.2, 0.25) is 0 Å². The Kier molecular flexibility index (Phi) is 11.6. The molecule has 4 heteroatoms. The predicted octanol–water partition coefficient (Wildman–Crippen LogP) is 3.02. The van der Waals surface area contributed by atoms with Gasteiger partial charge in [0.25, 0.3) is 0 Å². The zero-order valence-corrected chi connectivity index (χ0v) is 13.6. The van der Waals surface area contributed by atoms with Gasteiger partial charge >= 0.3 is 0 Å². The highest BCUT2D eigenvalue weighted by atomic mass is 16.5. The second-order valence-electron chi connectivity index (χ2n) is 6.00. The minimum absolute atomic E-state index is 0.210. The van der Waals surface area contributed by atoms with Gasteiger partial charge in [0, 0.05) is 18.7 Å². The maximum Gasteiger partial charge on any atom is 0.116 e. The molecule has 0 spiro atoms. The Morgan fingerprint density at radius 1 is 1.10 bits per heavy atom. The van der Waals surface area contributed by atoms with Crippen LogP contribution >= 0.6 is 0 Å². The molecule has 0 saturated heterocycles. The zero-order valence-electron chi connectivity index (χ0n) is 13.6. The molecule has 3 atom stereocenters. The largest absolute Gasteiger partial charge is 0.396 e. The number of hydrogen-bond acceptors (Lipinski definition) is 3. The molecule has 3 nitrogen and oxygen atoms in total. The van der Waals surface area contributed by atoms with E-state index in [4.69, 9.17) is 17.7 Å². The molecule has 0 aromatic heterocycles. The SMILES string of the molecule is [B]C(C)(OCC(CC)CCCC)[C@H](O)CCCCCO. The fourth-order valence-corrected chi connectivity index (χ4v) is 2.20. The molecule has 0 aliphatic carbocycles. The van der Waals surface area contributed by atoms with Crippen molar-refractivity contribution in [3.63, 3.8) is 0 Å². The van der Waals surface area contributed by atoms with Gasteiger partial charge in [-0.15, -0.1) is 0 Å². The van der Waals surface area contributed by atoms with Crippen LogP contribution in [-0.2, 0) is 4.74 Å². The van der Waals surface area contributed by atoms with Crippen LogP contribution in [0.3, 0.4) is 0 Å². The van der Waals surface area contributed by atoms with Crippen LogP contribution in [0.5, 0.6) is 0 Å². The monoisotopic (exact) mass is 284 g/mol. The van der Waals surface area contributed by atoms with E-state index < -0.39 is 11.6 Å². The number of unbranched alkanes of at least 4 members (excludes halogenated alkanes) is 3. The first kappa shape index (κ1) is 19.9. The maximum absolute atomic E-state index is 10.1. The van der Waals surface area contributed by atoms with Crippen LogP contribution < -0.4 is 0 Å². The van der Waals surface area contributed by atoms with E-state index in [0.29, 0.717) is 18.9 Å². The summed E-state index contributed by atoms with van der Waals surface area (Å²) in [6, 6.07) is 0. The number of hydrogen-bond donors (Lipinski definition) is 2. The summed E-state index contributed by atoms with van der Waals surface area (Å²) >= 11 is 0. The molecule has 2 N–H and O–H groups in total. The van der Waals surface area contributed by atoms with Crippen molar-refractivity contribution in [2.75, 3.05) is 13.2 Å². The van der Waals surface area contributed by atoms with Gasteiger partial charge < -0.3 is 14.9 Å². The predicted molar refractivity (Wildman–Crippen MR) is 85.0 cm³/mol. The molecule has 0 aromatic carbocycles. The lowest BCUT2D eigenvalue weighted by Gasteiger charge is -2.33. The van der Waals surface area contributed by atoms with Crippen molar-refractivity contribution in [1.29, 1.82) is 0 Å². The Balaban J connectivity index is 4.00. The van der Waals surface area contributed by atoms with Crippen molar-refractivity contribution in [2.24, 2.45) is 5.92 Å². The summed E-state index contributed by atoms with van der Waals surface area (Å²) in [5.41, 5.74) is -0.973. The first-order valence-corrected chi connectivity index (χ1v) is 8.19. The van der Waals surface area contributed by atoms with Crippen LogP contribution in [0.2, 0.25) is 0 Å². The molecule has 2 unspecified atom stereocenters. The summed E-state index contributed by atoms with van der Waals surface area (Å²) in [4.78, 5) is 0. The fraction of sp³-hybridized carbons (Fsp3) is 1.00. The van der Waals surface area contributed by atoms with E-state index in [2.05, 4.69) is 13.8 Å². The van der Waals surface area contributed by atoms with E-state index in [0.717, 1.165) is 32.1 Å². The van der Waals surface area contributed by atoms with Crippen LogP contribution in [0.25, 0.3) is 0 Å². The fourth-order valence-electron chi connectivity index (χ4n) is 2.20. The topological polar surface area (TPSA) is 49.7 Å². The van der Waals surface area contributed by atoms with Gasteiger partial charge in [-0.2, -0.15) is 0 Å². The lowest BCUT2D eigenvalue weighted by molar-refractivity contribution is -0.0732. The molecule has 0 fully saturated rings. The summed E-state index contributed by atoms with van der Waals surface area (Å²) in [6.45, 7) is 6.95. The normalized spacial score (nSPS) is 17.6. The van der Waals surface area contributed by atoms with E-state index in [1.807, 2.05) is 0 Å². The summed E-state index contributed by atoms with van der Waals surface area (Å²) in [7, 11) is 6.09. The van der Waals surface area contributed by atoms with Gasteiger partial charge in [-0.1, -0.05) is 46.0 Å². The Bertz CT molecular complexity index is 222. The molecule has 20 heavy (non-hydrogen) atoms. The van der Waals surface area contributed by atoms with Gasteiger partial charge in [0.1, 0.15) is 7.85 Å². The quantitative estimate of drug-likeness (QED) is 0.404. The zero-order chi connectivity index (χ0) is 15.4. The molecule has 2 radical (unpaired) electrons. The Labute approximate surface area is 126 Å². The first-order chi connectivity index (χ1) is 9.47. The smallest absolute Gasteiger partial charge is 0.116 e. The minimum Gasteiger partial charge on any atom is -0.396 e. The molecule has 0 aliphatic heterocycles. The second kappa shape index (κ2) is 11.6. The molecule has 0 aliphatic rings. The van der Waals surface area contributed by atoms with E-state index in [-0.39, 0.29) is 6.61 Å². The van der Waals surface area contributed by atoms with E-state index in [9.17, 15) is 5.11 Å². The van der Waals surface area contributed by atoms with Gasteiger partial charge in [-0.3, -0.25) is 0 Å². The van der Waals surface area contributed by atoms with Gasteiger partial charge in [0.15, 0.2) is 0 Å². The summed E-state index contributed by atoms with van der Waals surface area (Å²) in [5.74, 6) is 0.527. The van der Waals surface area contributed by atoms with E-state index in [1.54, 1.807) is 6.92 Å². The van der Waals surface area contributed by atoms with Crippen LogP contribution in [-0.4, -0.2) is 42.9 Å². The lowest BCUT2D eigenvalue weighted by Crippen LogP contribution is -2.43. The van der Waals surface area contributed by atoms with Crippen molar-refractivity contribution < 1.29 is 14.9 Å². The molecule has 0 saturated carbocycles. The van der Waals surface area contributed by atoms with Gasteiger partial charge in [-0.05, 0) is 32.1 Å². The molecule has 0 heterocycles. The van der Waals surface area contributed by atoms with Crippen LogP contribution in [0.4, 0.5) is 0 Å². The van der Waals surface area contributed by atoms with Crippen molar-refractivity contribution in [1.82, 2.24) is 0 Å². The lowest BCUT2D eigenvalue weighted by atomic mass is 9.76. The summed E-state index contributed by atoms with van der Waals surface area (Å²) in [5, 5.41) is 18.8. The highest BCUT2D eigenvalue weighted by molar-refractivity contribution is 6.14. The van der Waals surface area contributed by atoms with Crippen molar-refractivity contribution in [3.05, 3.63) is 0 Å². The molecule has 118 valence electrons. The Morgan fingerprint density at radius 2 is 1.80 bits per heavy atom. The van der Waals surface area contributed by atoms with E-state index in [1.165, 1.54) is 12.8 Å². The number of rotatable bonds is 13. The Hall–Kier alpha value is -0.0551. The minimum atomic E-state index is -0.973. The van der Waals surface area contributed by atoms with Gasteiger partial charge in [-0.25, -0.2) is 0 Å². The average Bonchev–Trinajstić information content (AvgIpc) is 2.43. The van der Waals surface area contributed by atoms with Crippen LogP contribution in [0.15, 0.2) is 0 Å². The highest BCUT2D eigenvalue weighted by Gasteiger charge is 2.28. The number of ether oxygens (including phenoxy) is 1. The van der Waals surface area contributed by atoms with Crippen molar-refractivity contribution in [2.45, 2.75) is 83.7 Å². The molecular formula is C16H33BO3. The second-order valence-corrected chi connectivity index (χ2v) is 6.00. The number of aliphatic hydroxyl groups excluding tert-OH is 2. The average molecular weight is 284 g/mol. The first-order valence-electron chi connectivity index (χ1n) is 8.19. The third kappa shape index (κ3) is 8.99. The van der Waals surface area contributed by atoms with Crippen molar-refractivity contribution in [3.8, 4) is 0 Å². The van der Waals surface area contributed by atoms with Crippen LogP contribution in [0, 0.1) is 5.92 Å². The molecule has 0 rings (SSSR count). The van der Waals surface area contributed by atoms with Crippen molar-refractivity contribution >= 4 is 7.85 Å². The molecule has 0 bridgehead atoms. The summed E-state index contributed by atoms with van der Waals surface area (Å²) in [6.07, 6.45) is 7.20. The molecule has 0 amide bonds. The summed E-state index contributed by atoms with van der Waals surface area (Å²) < 4.78 is 5.78. The molecule has 0 aromatic rings. The van der Waals surface area contributed by atoms with Crippen LogP contribution in [0.1, 0.15) is 72.1 Å². The number of aliphatic hydroxyl groups is 2. The van der Waals surface area contributed by atoms with Gasteiger partial charge in [0.05, 0.1) is 6.10 Å². The third-order valence-corrected chi connectivity index (χ3v) is 3.97. The standard InChI is InChI=1S/C16H33BO3/c1-4-6-10-14(5-2)13-20-16(3,17)15(19)11-8-7-9-12-18/h14-15,18-19H,4-13H2,1-3H3/t14?,15-,16?/m1/s1. The third-order valence-electron chi connectivity index (χ3n) is 3.97.